The van der Waals surface area contributed by atoms with Crippen molar-refractivity contribution in [3.05, 3.63) is 82.2 Å². The first-order valence-electron chi connectivity index (χ1n) is 12.2. The van der Waals surface area contributed by atoms with Crippen molar-refractivity contribution in [2.24, 2.45) is 5.92 Å². The predicted molar refractivity (Wildman–Crippen MR) is 148 cm³/mol. The lowest BCUT2D eigenvalue weighted by Crippen LogP contribution is -2.08. The number of thioether (sulfide) groups is 2. The smallest absolute Gasteiger partial charge is 0.245 e. The Morgan fingerprint density at radius 1 is 0.833 bits per heavy atom. The lowest BCUT2D eigenvalue weighted by atomic mass is 9.89. The van der Waals surface area contributed by atoms with Crippen LogP contribution in [0, 0.1) is 5.92 Å². The molecule has 2 aromatic carbocycles. The molecule has 9 heteroatoms. The number of aromatic nitrogens is 6. The van der Waals surface area contributed by atoms with Gasteiger partial charge in [-0.1, -0.05) is 91.1 Å². The monoisotopic (exact) mass is 528 g/mol. The number of rotatable bonds is 6. The first-order chi connectivity index (χ1) is 17.8. The first kappa shape index (κ1) is 22.3. The number of nitrogens with zero attached hydrogens (tertiary/aromatic N) is 6. The van der Waals surface area contributed by atoms with Crippen molar-refractivity contribution >= 4 is 56.5 Å². The van der Waals surface area contributed by atoms with E-state index in [1.807, 2.05) is 17.4 Å². The van der Waals surface area contributed by atoms with Crippen LogP contribution in [0.25, 0.3) is 21.6 Å². The van der Waals surface area contributed by atoms with E-state index >= 15 is 0 Å². The molecular weight excluding hydrogens is 505 g/mol. The van der Waals surface area contributed by atoms with Crippen molar-refractivity contribution in [2.75, 3.05) is 0 Å². The molecule has 1 atom stereocenters. The van der Waals surface area contributed by atoms with Crippen molar-refractivity contribution in [1.29, 1.82) is 0 Å². The van der Waals surface area contributed by atoms with Gasteiger partial charge < -0.3 is 0 Å². The molecule has 7 rings (SSSR count). The number of benzene rings is 2. The van der Waals surface area contributed by atoms with Crippen LogP contribution in [0.4, 0.5) is 0 Å². The minimum absolute atomic E-state index is 0.708. The molecule has 1 aliphatic rings. The number of aryl methyl sites for hydroxylation is 1. The maximum atomic E-state index is 4.72. The highest BCUT2D eigenvalue weighted by Crippen LogP contribution is 2.42. The van der Waals surface area contributed by atoms with E-state index in [2.05, 4.69) is 85.6 Å². The van der Waals surface area contributed by atoms with Gasteiger partial charge in [0.25, 0.3) is 0 Å². The minimum Gasteiger partial charge on any atom is -0.245 e. The van der Waals surface area contributed by atoms with E-state index in [0.717, 1.165) is 46.1 Å². The molecule has 0 bridgehead atoms. The molecule has 0 aliphatic heterocycles. The number of hydrogen-bond donors (Lipinski definition) is 0. The molecular formula is C27H24N6S3. The van der Waals surface area contributed by atoms with Gasteiger partial charge in [-0.05, 0) is 41.9 Å². The Bertz CT molecular complexity index is 1690. The quantitative estimate of drug-likeness (QED) is 0.224. The number of hydrogen-bond acceptors (Lipinski definition) is 7. The van der Waals surface area contributed by atoms with Gasteiger partial charge in [0.1, 0.15) is 4.83 Å². The van der Waals surface area contributed by atoms with Crippen molar-refractivity contribution in [3.8, 4) is 0 Å². The van der Waals surface area contributed by atoms with Crippen LogP contribution in [-0.2, 0) is 24.3 Å². The average molecular weight is 529 g/mol. The van der Waals surface area contributed by atoms with Crippen LogP contribution in [-0.4, -0.2) is 29.2 Å². The second kappa shape index (κ2) is 9.21. The van der Waals surface area contributed by atoms with Crippen LogP contribution in [0.1, 0.15) is 34.9 Å². The van der Waals surface area contributed by atoms with Crippen LogP contribution in [0.3, 0.4) is 0 Å². The molecule has 6 aromatic rings. The second-order valence-corrected chi connectivity index (χ2v) is 12.3. The zero-order chi connectivity index (χ0) is 24.1. The highest BCUT2D eigenvalue weighted by Gasteiger charge is 2.27. The molecule has 0 amide bonds. The Balaban J connectivity index is 1.40. The summed E-state index contributed by atoms with van der Waals surface area (Å²) in [7, 11) is 0. The zero-order valence-electron chi connectivity index (χ0n) is 19.8. The molecule has 0 fully saturated rings. The Morgan fingerprint density at radius 2 is 1.47 bits per heavy atom. The van der Waals surface area contributed by atoms with E-state index in [0.29, 0.717) is 5.92 Å². The van der Waals surface area contributed by atoms with Gasteiger partial charge in [0.15, 0.2) is 16.0 Å². The van der Waals surface area contributed by atoms with Gasteiger partial charge in [0.05, 0.1) is 5.39 Å². The fraction of sp³-hybridized carbons (Fsp3) is 0.259. The molecule has 36 heavy (non-hydrogen) atoms. The van der Waals surface area contributed by atoms with Crippen LogP contribution >= 0.6 is 34.9 Å². The SMILES string of the molecule is CC1CCc2c(sc3c2c2nnc(SCc4ccccc4)n2c2nnc(SCc4ccccc4)n32)C1. The molecule has 0 spiro atoms. The van der Waals surface area contributed by atoms with Gasteiger partial charge >= 0.3 is 0 Å². The third kappa shape index (κ3) is 3.81. The molecule has 0 radical (unpaired) electrons. The summed E-state index contributed by atoms with van der Waals surface area (Å²) in [5, 5.41) is 21.7. The van der Waals surface area contributed by atoms with Gasteiger partial charge in [-0.3, -0.25) is 0 Å². The normalized spacial score (nSPS) is 15.8. The molecule has 6 nitrogen and oxygen atoms in total. The first-order valence-corrected chi connectivity index (χ1v) is 14.9. The summed E-state index contributed by atoms with van der Waals surface area (Å²) in [6.07, 6.45) is 3.43. The highest BCUT2D eigenvalue weighted by molar-refractivity contribution is 7.98. The van der Waals surface area contributed by atoms with Gasteiger partial charge in [0.2, 0.25) is 5.78 Å². The third-order valence-corrected chi connectivity index (χ3v) is 10.0. The molecule has 0 N–H and O–H groups in total. The zero-order valence-corrected chi connectivity index (χ0v) is 22.2. The Kier molecular flexibility index (Phi) is 5.71. The van der Waals surface area contributed by atoms with Crippen LogP contribution in [0.15, 0.2) is 71.0 Å². The summed E-state index contributed by atoms with van der Waals surface area (Å²) in [6, 6.07) is 21.0. The summed E-state index contributed by atoms with van der Waals surface area (Å²) in [5.74, 6) is 3.18. The van der Waals surface area contributed by atoms with E-state index in [4.69, 9.17) is 5.10 Å². The third-order valence-electron chi connectivity index (χ3n) is 6.79. The summed E-state index contributed by atoms with van der Waals surface area (Å²) in [4.78, 5) is 2.68. The lowest BCUT2D eigenvalue weighted by Gasteiger charge is -2.17. The molecule has 1 aliphatic carbocycles. The summed E-state index contributed by atoms with van der Waals surface area (Å²) in [6.45, 7) is 2.35. The summed E-state index contributed by atoms with van der Waals surface area (Å²) in [5.41, 5.74) is 4.89. The number of fused-ring (bicyclic) bond motifs is 8. The van der Waals surface area contributed by atoms with E-state index in [-0.39, 0.29) is 0 Å². The molecule has 1 unspecified atom stereocenters. The van der Waals surface area contributed by atoms with Crippen LogP contribution in [0.2, 0.25) is 0 Å². The average Bonchev–Trinajstić information content (AvgIpc) is 3.61. The van der Waals surface area contributed by atoms with Crippen molar-refractivity contribution in [2.45, 2.75) is 48.0 Å². The Morgan fingerprint density at radius 3 is 2.17 bits per heavy atom. The minimum atomic E-state index is 0.708. The van der Waals surface area contributed by atoms with E-state index < -0.39 is 0 Å². The highest BCUT2D eigenvalue weighted by atomic mass is 32.2. The van der Waals surface area contributed by atoms with E-state index in [1.165, 1.54) is 38.2 Å². The van der Waals surface area contributed by atoms with Gasteiger partial charge in [-0.2, -0.15) is 0 Å². The molecule has 4 aromatic heterocycles. The van der Waals surface area contributed by atoms with Crippen LogP contribution in [0.5, 0.6) is 0 Å². The molecule has 0 saturated heterocycles. The van der Waals surface area contributed by atoms with Crippen molar-refractivity contribution in [1.82, 2.24) is 29.2 Å². The van der Waals surface area contributed by atoms with E-state index in [1.54, 1.807) is 23.5 Å². The number of thiophene rings is 1. The summed E-state index contributed by atoms with van der Waals surface area (Å²) >= 11 is 5.32. The van der Waals surface area contributed by atoms with Gasteiger partial charge in [-0.25, -0.2) is 8.80 Å². The summed E-state index contributed by atoms with van der Waals surface area (Å²) < 4.78 is 4.38. The molecule has 0 saturated carbocycles. The maximum absolute atomic E-state index is 4.72. The Labute approximate surface area is 221 Å². The predicted octanol–water partition coefficient (Wildman–Crippen LogP) is 6.70. The second-order valence-electron chi connectivity index (χ2n) is 9.34. The van der Waals surface area contributed by atoms with Crippen molar-refractivity contribution < 1.29 is 0 Å². The largest absolute Gasteiger partial charge is 0.245 e. The maximum Gasteiger partial charge on any atom is 0.245 e. The fourth-order valence-corrected chi connectivity index (χ4v) is 8.29. The van der Waals surface area contributed by atoms with Crippen LogP contribution < -0.4 is 0 Å². The van der Waals surface area contributed by atoms with Crippen molar-refractivity contribution in [3.63, 3.8) is 0 Å². The Hall–Kier alpha value is -2.88. The van der Waals surface area contributed by atoms with E-state index in [9.17, 15) is 0 Å². The van der Waals surface area contributed by atoms with Gasteiger partial charge in [0, 0.05) is 16.4 Å². The molecule has 180 valence electrons. The molecule has 4 heterocycles. The standard InChI is InChI=1S/C27H24N6S3/c1-17-12-13-20-21(14-17)36-24-22(20)23-28-30-26(34-15-18-8-4-2-5-9-18)32(23)25-29-31-27(33(24)25)35-16-19-10-6-3-7-11-19/h2-11,17H,12-16H2,1H3. The lowest BCUT2D eigenvalue weighted by molar-refractivity contribution is 0.509. The fourth-order valence-electron chi connectivity index (χ4n) is 4.95. The topological polar surface area (TPSA) is 60.4 Å². The van der Waals surface area contributed by atoms with Gasteiger partial charge in [-0.15, -0.1) is 31.7 Å².